The number of aryl methyl sites for hydroxylation is 1. The number of benzene rings is 2. The van der Waals surface area contributed by atoms with Gasteiger partial charge in [0.15, 0.2) is 0 Å². The monoisotopic (exact) mass is 516 g/mol. The van der Waals surface area contributed by atoms with Gasteiger partial charge in [0.1, 0.15) is 17.3 Å². The zero-order valence-corrected chi connectivity index (χ0v) is 21.1. The van der Waals surface area contributed by atoms with Gasteiger partial charge in [0.25, 0.3) is 0 Å². The fourth-order valence-corrected chi connectivity index (χ4v) is 6.00. The second-order valence-corrected chi connectivity index (χ2v) is 11.0. The van der Waals surface area contributed by atoms with Crippen molar-refractivity contribution >= 4 is 22.4 Å². The van der Waals surface area contributed by atoms with Crippen LogP contribution in [-0.2, 0) is 6.18 Å². The zero-order chi connectivity index (χ0) is 26.1. The van der Waals surface area contributed by atoms with Crippen LogP contribution in [0.2, 0.25) is 0 Å². The molecule has 2 aliphatic carbocycles. The highest BCUT2D eigenvalue weighted by molar-refractivity contribution is 5.85. The van der Waals surface area contributed by atoms with Gasteiger partial charge in [-0.15, -0.1) is 0 Å². The first-order chi connectivity index (χ1) is 18.3. The molecule has 1 spiro atoms. The minimum absolute atomic E-state index is 0.0477. The first-order valence-corrected chi connectivity index (χ1v) is 13.2. The fourth-order valence-electron chi connectivity index (χ4n) is 6.00. The SMILES string of the molecule is Cc1ccc2nc(N3CCC4(C=C(c5c(-c6ccccc6C(F)(F)F)noc5C5CC5)C4)CC3)cnc2c1. The summed E-state index contributed by atoms with van der Waals surface area (Å²) in [6.45, 7) is 3.77. The minimum atomic E-state index is -4.46. The van der Waals surface area contributed by atoms with Gasteiger partial charge in [-0.25, -0.2) is 4.98 Å². The van der Waals surface area contributed by atoms with Crippen molar-refractivity contribution < 1.29 is 17.7 Å². The summed E-state index contributed by atoms with van der Waals surface area (Å²) in [5.41, 5.74) is 4.59. The molecule has 0 amide bonds. The maximum atomic E-state index is 13.8. The van der Waals surface area contributed by atoms with Gasteiger partial charge in [0.05, 0.1) is 22.8 Å². The fraction of sp³-hybridized carbons (Fsp3) is 0.367. The number of hydrogen-bond acceptors (Lipinski definition) is 5. The topological polar surface area (TPSA) is 55.1 Å². The van der Waals surface area contributed by atoms with Gasteiger partial charge < -0.3 is 9.42 Å². The van der Waals surface area contributed by atoms with Crippen molar-refractivity contribution in [1.29, 1.82) is 0 Å². The number of halogens is 3. The molecule has 0 unspecified atom stereocenters. The Morgan fingerprint density at radius 1 is 1.03 bits per heavy atom. The molecule has 3 heterocycles. The van der Waals surface area contributed by atoms with Crippen LogP contribution in [0.5, 0.6) is 0 Å². The van der Waals surface area contributed by atoms with E-state index in [1.54, 1.807) is 6.07 Å². The highest BCUT2D eigenvalue weighted by Gasteiger charge is 2.45. The molecular formula is C30H27F3N4O. The highest BCUT2D eigenvalue weighted by atomic mass is 19.4. The van der Waals surface area contributed by atoms with Crippen molar-refractivity contribution in [3.63, 3.8) is 0 Å². The van der Waals surface area contributed by atoms with E-state index in [0.717, 1.165) is 90.6 Å². The van der Waals surface area contributed by atoms with E-state index in [9.17, 15) is 13.2 Å². The Kier molecular flexibility index (Phi) is 5.19. The van der Waals surface area contributed by atoms with Crippen LogP contribution in [0.4, 0.5) is 19.0 Å². The van der Waals surface area contributed by atoms with Crippen LogP contribution in [0, 0.1) is 12.3 Å². The molecule has 2 aromatic carbocycles. The molecule has 2 aromatic heterocycles. The largest absolute Gasteiger partial charge is 0.417 e. The molecule has 0 atom stereocenters. The predicted octanol–water partition coefficient (Wildman–Crippen LogP) is 7.56. The van der Waals surface area contributed by atoms with Crippen molar-refractivity contribution in [1.82, 2.24) is 15.1 Å². The van der Waals surface area contributed by atoms with E-state index in [2.05, 4.69) is 27.2 Å². The van der Waals surface area contributed by atoms with Crippen LogP contribution in [0.15, 0.2) is 59.3 Å². The summed E-state index contributed by atoms with van der Waals surface area (Å²) in [7, 11) is 0. The number of rotatable bonds is 4. The normalized spacial score (nSPS) is 19.1. The quantitative estimate of drug-likeness (QED) is 0.280. The average molecular weight is 517 g/mol. The molecular weight excluding hydrogens is 489 g/mol. The van der Waals surface area contributed by atoms with E-state index in [-0.39, 0.29) is 16.9 Å². The Labute approximate surface area is 218 Å². The average Bonchev–Trinajstić information content (AvgIpc) is 3.65. The molecule has 8 heteroatoms. The summed E-state index contributed by atoms with van der Waals surface area (Å²) in [5.74, 6) is 1.89. The van der Waals surface area contributed by atoms with E-state index in [1.165, 1.54) is 12.1 Å². The maximum absolute atomic E-state index is 13.8. The second kappa shape index (κ2) is 8.41. The molecule has 0 N–H and O–H groups in total. The number of fused-ring (bicyclic) bond motifs is 1. The molecule has 7 rings (SSSR count). The van der Waals surface area contributed by atoms with Gasteiger partial charge in [-0.05, 0) is 73.8 Å². The number of hydrogen-bond donors (Lipinski definition) is 0. The van der Waals surface area contributed by atoms with Gasteiger partial charge in [-0.3, -0.25) is 4.98 Å². The number of allylic oxidation sites excluding steroid dienone is 2. The Bertz CT molecular complexity index is 1580. The van der Waals surface area contributed by atoms with E-state index in [4.69, 9.17) is 9.51 Å². The third kappa shape index (κ3) is 3.97. The van der Waals surface area contributed by atoms with Crippen molar-refractivity contribution in [2.75, 3.05) is 18.0 Å². The second-order valence-electron chi connectivity index (χ2n) is 11.0. The van der Waals surface area contributed by atoms with Crippen LogP contribution in [0.3, 0.4) is 0 Å². The van der Waals surface area contributed by atoms with Crippen molar-refractivity contribution in [3.05, 3.63) is 77.2 Å². The molecule has 4 aromatic rings. The number of aromatic nitrogens is 3. The summed E-state index contributed by atoms with van der Waals surface area (Å²) in [4.78, 5) is 11.7. The summed E-state index contributed by atoms with van der Waals surface area (Å²) >= 11 is 0. The van der Waals surface area contributed by atoms with Crippen LogP contribution >= 0.6 is 0 Å². The summed E-state index contributed by atoms with van der Waals surface area (Å²) in [6.07, 6.45) is 4.39. The zero-order valence-electron chi connectivity index (χ0n) is 21.1. The predicted molar refractivity (Wildman–Crippen MR) is 140 cm³/mol. The Balaban J connectivity index is 1.15. The Morgan fingerprint density at radius 3 is 2.53 bits per heavy atom. The summed E-state index contributed by atoms with van der Waals surface area (Å²) in [6, 6.07) is 11.8. The van der Waals surface area contributed by atoms with E-state index in [0.29, 0.717) is 5.69 Å². The summed E-state index contributed by atoms with van der Waals surface area (Å²) in [5, 5.41) is 4.20. The lowest BCUT2D eigenvalue weighted by atomic mass is 9.63. The van der Waals surface area contributed by atoms with Gasteiger partial charge in [-0.1, -0.05) is 35.5 Å². The molecule has 194 valence electrons. The first kappa shape index (κ1) is 23.4. The lowest BCUT2D eigenvalue weighted by Gasteiger charge is -2.46. The van der Waals surface area contributed by atoms with Gasteiger partial charge in [0, 0.05) is 30.1 Å². The van der Waals surface area contributed by atoms with E-state index < -0.39 is 11.7 Å². The number of nitrogens with zero attached hydrogens (tertiary/aromatic N) is 4. The van der Waals surface area contributed by atoms with Crippen molar-refractivity contribution in [3.8, 4) is 11.3 Å². The number of alkyl halides is 3. The molecule has 0 bridgehead atoms. The van der Waals surface area contributed by atoms with Gasteiger partial charge in [-0.2, -0.15) is 13.2 Å². The van der Waals surface area contributed by atoms with Crippen LogP contribution in [-0.4, -0.2) is 28.2 Å². The smallest absolute Gasteiger partial charge is 0.360 e. The van der Waals surface area contributed by atoms with E-state index >= 15 is 0 Å². The molecule has 5 nitrogen and oxygen atoms in total. The van der Waals surface area contributed by atoms with Crippen LogP contribution < -0.4 is 4.90 Å². The Morgan fingerprint density at radius 2 is 1.79 bits per heavy atom. The third-order valence-corrected chi connectivity index (χ3v) is 8.27. The van der Waals surface area contributed by atoms with E-state index in [1.807, 2.05) is 25.3 Å². The molecule has 1 aliphatic heterocycles. The van der Waals surface area contributed by atoms with Crippen LogP contribution in [0.25, 0.3) is 27.9 Å². The molecule has 38 heavy (non-hydrogen) atoms. The molecule has 2 fully saturated rings. The number of piperidine rings is 1. The van der Waals surface area contributed by atoms with Crippen molar-refractivity contribution in [2.45, 2.75) is 51.1 Å². The van der Waals surface area contributed by atoms with Crippen LogP contribution in [0.1, 0.15) is 60.5 Å². The molecule has 0 radical (unpaired) electrons. The first-order valence-electron chi connectivity index (χ1n) is 13.2. The maximum Gasteiger partial charge on any atom is 0.417 e. The third-order valence-electron chi connectivity index (χ3n) is 8.27. The van der Waals surface area contributed by atoms with Crippen molar-refractivity contribution in [2.24, 2.45) is 5.41 Å². The Hall–Kier alpha value is -3.68. The highest BCUT2D eigenvalue weighted by Crippen LogP contribution is 2.56. The number of anilines is 1. The summed E-state index contributed by atoms with van der Waals surface area (Å²) < 4.78 is 47.2. The standard InChI is InChI=1S/C30H27F3N4O/c1-18-6-9-23-24(14-18)34-17-25(35-23)37-12-10-29(11-13-37)15-20(16-29)26-27(36-38-28(26)19-7-8-19)21-4-2-3-5-22(21)30(31,32)33/h2-6,9,14-15,17,19H,7-8,10-13,16H2,1H3. The van der Waals surface area contributed by atoms with Gasteiger partial charge in [0.2, 0.25) is 0 Å². The molecule has 3 aliphatic rings. The molecule has 1 saturated heterocycles. The lowest BCUT2D eigenvalue weighted by Crippen LogP contribution is -2.42. The molecule has 1 saturated carbocycles. The van der Waals surface area contributed by atoms with Gasteiger partial charge >= 0.3 is 6.18 Å². The lowest BCUT2D eigenvalue weighted by molar-refractivity contribution is -0.137. The minimum Gasteiger partial charge on any atom is -0.360 e.